The van der Waals surface area contributed by atoms with Gasteiger partial charge in [-0.3, -0.25) is 24.6 Å². The highest BCUT2D eigenvalue weighted by atomic mass is 32.2. The molecule has 0 radical (unpaired) electrons. The minimum Gasteiger partial charge on any atom is -0.456 e. The number of aliphatic hydroxyl groups is 1. The average molecular weight is 727 g/mol. The van der Waals surface area contributed by atoms with Crippen molar-refractivity contribution in [3.05, 3.63) is 116 Å². The monoisotopic (exact) mass is 726 g/mol. The van der Waals surface area contributed by atoms with Gasteiger partial charge in [-0.25, -0.2) is 9.18 Å². The number of aliphatic hydroxyl groups excluding tert-OH is 1. The van der Waals surface area contributed by atoms with Gasteiger partial charge in [0.2, 0.25) is 11.0 Å². The third-order valence-corrected chi connectivity index (χ3v) is 10.2. The van der Waals surface area contributed by atoms with E-state index in [2.05, 4.69) is 0 Å². The molecule has 14 heteroatoms. The zero-order valence-corrected chi connectivity index (χ0v) is 29.8. The number of rotatable bonds is 13. The maximum Gasteiger partial charge on any atom is 0.359 e. The summed E-state index contributed by atoms with van der Waals surface area (Å²) in [7, 11) is 0. The van der Waals surface area contributed by atoms with Gasteiger partial charge in [-0.2, -0.15) is 0 Å². The van der Waals surface area contributed by atoms with E-state index in [9.17, 15) is 34.0 Å². The van der Waals surface area contributed by atoms with Crippen LogP contribution in [0.5, 0.6) is 5.75 Å². The van der Waals surface area contributed by atoms with Gasteiger partial charge in [-0.1, -0.05) is 52.0 Å². The zero-order valence-electron chi connectivity index (χ0n) is 27.4. The Hall–Kier alpha value is -4.11. The number of carbonyl (C=O) groups is 3. The van der Waals surface area contributed by atoms with Crippen molar-refractivity contribution in [3.8, 4) is 5.75 Å². The zero-order chi connectivity index (χ0) is 36.0. The average Bonchev–Trinajstić information content (AvgIpc) is 3.05. The summed E-state index contributed by atoms with van der Waals surface area (Å²) in [6.45, 7) is 8.17. The van der Waals surface area contributed by atoms with Crippen LogP contribution in [0, 0.1) is 27.3 Å². The van der Waals surface area contributed by atoms with Crippen molar-refractivity contribution in [2.45, 2.75) is 52.7 Å². The number of carbonyl (C=O) groups excluding carboxylic acids is 3. The highest BCUT2D eigenvalue weighted by molar-refractivity contribution is 8.16. The Labute approximate surface area is 297 Å². The first kappa shape index (κ1) is 37.7. The number of nitrogens with zero attached hydrogens (tertiary/aromatic N) is 2. The van der Waals surface area contributed by atoms with Crippen molar-refractivity contribution in [3.63, 3.8) is 0 Å². The van der Waals surface area contributed by atoms with Crippen LogP contribution in [0.3, 0.4) is 0 Å². The molecule has 3 aromatic rings. The van der Waals surface area contributed by atoms with Crippen LogP contribution in [0.1, 0.15) is 51.3 Å². The Morgan fingerprint density at radius 2 is 1.61 bits per heavy atom. The first-order valence-corrected chi connectivity index (χ1v) is 17.5. The van der Waals surface area contributed by atoms with Crippen LogP contribution in [0.25, 0.3) is 0 Å². The minimum atomic E-state index is -1.02. The number of thioether (sulfide) groups is 2. The summed E-state index contributed by atoms with van der Waals surface area (Å²) in [5, 5.41) is 20.3. The Kier molecular flexibility index (Phi) is 12.4. The predicted octanol–water partition coefficient (Wildman–Crippen LogP) is 7.02. The number of nitro benzene ring substituents is 1. The molecule has 0 bridgehead atoms. The van der Waals surface area contributed by atoms with Crippen molar-refractivity contribution in [1.29, 1.82) is 0 Å². The van der Waals surface area contributed by atoms with Gasteiger partial charge >= 0.3 is 5.97 Å². The lowest BCUT2D eigenvalue weighted by Crippen LogP contribution is -2.63. The summed E-state index contributed by atoms with van der Waals surface area (Å²) in [5.74, 6) is -1.97. The van der Waals surface area contributed by atoms with E-state index in [0.29, 0.717) is 39.1 Å². The molecule has 3 aromatic carbocycles. The van der Waals surface area contributed by atoms with Crippen molar-refractivity contribution < 1.29 is 38.3 Å². The Balaban J connectivity index is 1.76. The maximum atomic E-state index is 14.0. The normalized spacial score (nSPS) is 17.0. The van der Waals surface area contributed by atoms with E-state index in [4.69, 9.17) is 21.7 Å². The van der Waals surface area contributed by atoms with Gasteiger partial charge in [-0.05, 0) is 89.7 Å². The molecule has 10 nitrogen and oxygen atoms in total. The first-order valence-electron chi connectivity index (χ1n) is 15.2. The predicted molar refractivity (Wildman–Crippen MR) is 190 cm³/mol. The molecule has 1 aliphatic rings. The summed E-state index contributed by atoms with van der Waals surface area (Å²) >= 11 is 7.56. The fourth-order valence-electron chi connectivity index (χ4n) is 4.63. The molecule has 0 saturated carbocycles. The van der Waals surface area contributed by atoms with Crippen molar-refractivity contribution in [2.75, 3.05) is 5.75 Å². The van der Waals surface area contributed by atoms with Crippen molar-refractivity contribution in [2.24, 2.45) is 11.3 Å². The number of non-ortho nitro benzene ring substituents is 1. The number of ether oxygens (including phenoxy) is 2. The second-order valence-electron chi connectivity index (χ2n) is 12.1. The van der Waals surface area contributed by atoms with Gasteiger partial charge in [0, 0.05) is 17.5 Å². The molecule has 0 spiro atoms. The summed E-state index contributed by atoms with van der Waals surface area (Å²) in [6.07, 6.45) is -1.02. The van der Waals surface area contributed by atoms with Gasteiger partial charge in [0.05, 0.1) is 27.2 Å². The van der Waals surface area contributed by atoms with Gasteiger partial charge in [-0.15, -0.1) is 11.8 Å². The number of halogens is 1. The second kappa shape index (κ2) is 16.1. The van der Waals surface area contributed by atoms with Crippen molar-refractivity contribution >= 4 is 63.3 Å². The smallest absolute Gasteiger partial charge is 0.359 e. The lowest BCUT2D eigenvalue weighted by molar-refractivity contribution is -0.384. The number of benzene rings is 3. The largest absolute Gasteiger partial charge is 0.456 e. The molecule has 49 heavy (non-hydrogen) atoms. The highest BCUT2D eigenvalue weighted by Crippen LogP contribution is 2.43. The van der Waals surface area contributed by atoms with E-state index in [1.807, 2.05) is 6.92 Å². The Morgan fingerprint density at radius 3 is 2.12 bits per heavy atom. The number of nitro groups is 1. The molecule has 0 aromatic heterocycles. The van der Waals surface area contributed by atoms with Gasteiger partial charge in [0.15, 0.2) is 10.8 Å². The topological polar surface area (TPSA) is 136 Å². The minimum absolute atomic E-state index is 0.136. The molecule has 1 N–H and O–H groups in total. The van der Waals surface area contributed by atoms with Crippen LogP contribution in [-0.4, -0.2) is 54.0 Å². The number of thiocarbonyl (C=S) groups is 1. The fraction of sp³-hybridized carbons (Fsp3) is 0.314. The van der Waals surface area contributed by atoms with Crippen LogP contribution in [-0.2, 0) is 25.7 Å². The van der Waals surface area contributed by atoms with E-state index in [0.717, 1.165) is 0 Å². The third kappa shape index (κ3) is 9.12. The summed E-state index contributed by atoms with van der Waals surface area (Å²) in [6, 6.07) is 17.7. The van der Waals surface area contributed by atoms with E-state index < -0.39 is 39.6 Å². The summed E-state index contributed by atoms with van der Waals surface area (Å²) < 4.78 is 25.3. The van der Waals surface area contributed by atoms with Crippen LogP contribution >= 0.6 is 35.7 Å². The molecular formula is C35H35FN2O8S3. The maximum absolute atomic E-state index is 14.0. The number of β-lactam (4-membered cyclic amide) rings is 1. The molecule has 1 amide bonds. The fourth-order valence-corrected chi connectivity index (χ4v) is 7.05. The molecular weight excluding hydrogens is 692 g/mol. The van der Waals surface area contributed by atoms with Crippen LogP contribution < -0.4 is 4.74 Å². The number of likely N-dealkylation sites (tertiary alicyclic amines) is 1. The Morgan fingerprint density at radius 1 is 1.04 bits per heavy atom. The number of esters is 1. The molecule has 1 fully saturated rings. The van der Waals surface area contributed by atoms with E-state index in [1.54, 1.807) is 57.2 Å². The lowest BCUT2D eigenvalue weighted by atomic mass is 9.92. The SMILES string of the molecule is CCS[C@@H]1[C@@H]([C@@H](C)O)C(=O)N1C(C(=O)OCc1ccc([N+](=O)[O-])cc1)=C(Oc1ccc(C(=S)c2ccc(F)cc2)cc1)SC(=O)C(C)(C)C. The van der Waals surface area contributed by atoms with Gasteiger partial charge in [0.25, 0.3) is 5.69 Å². The van der Waals surface area contributed by atoms with Crippen LogP contribution in [0.15, 0.2) is 83.6 Å². The van der Waals surface area contributed by atoms with Gasteiger partial charge in [0.1, 0.15) is 18.2 Å². The second-order valence-corrected chi connectivity index (χ2v) is 14.8. The summed E-state index contributed by atoms with van der Waals surface area (Å²) in [5.41, 5.74) is 0.391. The van der Waals surface area contributed by atoms with Gasteiger partial charge < -0.3 is 14.6 Å². The third-order valence-electron chi connectivity index (χ3n) is 7.32. The molecule has 4 rings (SSSR count). The summed E-state index contributed by atoms with van der Waals surface area (Å²) in [4.78, 5) is 53.2. The molecule has 0 aliphatic carbocycles. The molecule has 0 unspecified atom stereocenters. The van der Waals surface area contributed by atoms with E-state index in [1.165, 1.54) is 60.0 Å². The standard InChI is InChI=1S/C35H35FN2O8S3/c1-6-48-31-27(20(2)39)30(40)37(31)28(32(41)45-19-21-7-15-25(16-8-21)38(43)44)33(49-34(42)35(3,4)5)46-26-17-11-23(12-18-26)29(47)22-9-13-24(36)14-10-22/h7-18,20,27,31,39H,6,19H2,1-5H3/t20-,27+,31-/m1/s1. The molecule has 3 atom stereocenters. The van der Waals surface area contributed by atoms with Crippen LogP contribution in [0.2, 0.25) is 0 Å². The van der Waals surface area contributed by atoms with Crippen molar-refractivity contribution in [1.82, 2.24) is 4.90 Å². The lowest BCUT2D eigenvalue weighted by Gasteiger charge is -2.48. The molecule has 258 valence electrons. The molecule has 1 saturated heterocycles. The van der Waals surface area contributed by atoms with E-state index >= 15 is 0 Å². The Bertz CT molecular complexity index is 1760. The van der Waals surface area contributed by atoms with Crippen LogP contribution in [0.4, 0.5) is 10.1 Å². The number of hydrogen-bond acceptors (Lipinski definition) is 11. The molecule has 1 heterocycles. The number of hydrogen-bond donors (Lipinski definition) is 1. The quantitative estimate of drug-likeness (QED) is 0.0285. The molecule has 1 aliphatic heterocycles. The highest BCUT2D eigenvalue weighted by Gasteiger charge is 2.54. The van der Waals surface area contributed by atoms with E-state index in [-0.39, 0.29) is 39.8 Å². The number of amides is 1. The first-order chi connectivity index (χ1) is 23.1.